The molecule has 192 valence electrons. The minimum Gasteiger partial charge on any atom is -0.309 e. The van der Waals surface area contributed by atoms with Gasteiger partial charge in [-0.25, -0.2) is 0 Å². The first-order valence-corrected chi connectivity index (χ1v) is 14.9. The van der Waals surface area contributed by atoms with Crippen molar-refractivity contribution in [3.05, 3.63) is 112 Å². The van der Waals surface area contributed by atoms with Crippen molar-refractivity contribution in [1.29, 1.82) is 0 Å². The van der Waals surface area contributed by atoms with E-state index in [2.05, 4.69) is 117 Å². The topological polar surface area (TPSA) is 4.41 Å². The van der Waals surface area contributed by atoms with Gasteiger partial charge in [0.15, 0.2) is 0 Å². The molecule has 2 heterocycles. The first kappa shape index (κ1) is 21.7. The first-order chi connectivity index (χ1) is 19.4. The summed E-state index contributed by atoms with van der Waals surface area (Å²) in [5.74, 6) is 1.29. The van der Waals surface area contributed by atoms with E-state index in [1.807, 2.05) is 0 Å². The van der Waals surface area contributed by atoms with Crippen LogP contribution in [0.1, 0.15) is 78.6 Å². The van der Waals surface area contributed by atoms with Crippen molar-refractivity contribution in [2.24, 2.45) is 5.92 Å². The largest absolute Gasteiger partial charge is 0.309 e. The number of nitrogens with zero attached hydrogens (tertiary/aromatic N) is 1. The molecule has 0 radical (unpaired) electrons. The van der Waals surface area contributed by atoms with Gasteiger partial charge in [0.2, 0.25) is 0 Å². The van der Waals surface area contributed by atoms with Crippen LogP contribution in [0.15, 0.2) is 72.8 Å². The summed E-state index contributed by atoms with van der Waals surface area (Å²) in [7, 11) is 0. The number of benzene rings is 4. The molecule has 0 saturated carbocycles. The third-order valence-corrected chi connectivity index (χ3v) is 11.2. The molecular formula is C39H31N. The fourth-order valence-corrected chi connectivity index (χ4v) is 8.54. The van der Waals surface area contributed by atoms with Crippen molar-refractivity contribution in [1.82, 2.24) is 4.40 Å². The van der Waals surface area contributed by atoms with Crippen LogP contribution in [0, 0.1) is 5.92 Å². The van der Waals surface area contributed by atoms with Gasteiger partial charge in [0, 0.05) is 27.8 Å². The zero-order chi connectivity index (χ0) is 26.7. The van der Waals surface area contributed by atoms with Gasteiger partial charge in [0.05, 0.1) is 11.0 Å². The molecule has 0 fully saturated rings. The lowest BCUT2D eigenvalue weighted by Gasteiger charge is -2.33. The van der Waals surface area contributed by atoms with E-state index in [9.17, 15) is 0 Å². The Kier molecular flexibility index (Phi) is 3.68. The summed E-state index contributed by atoms with van der Waals surface area (Å²) < 4.78 is 2.62. The average Bonchev–Trinajstić information content (AvgIpc) is 3.67. The van der Waals surface area contributed by atoms with Gasteiger partial charge in [-0.1, -0.05) is 76.3 Å². The highest BCUT2D eigenvalue weighted by Crippen LogP contribution is 2.52. The summed E-state index contributed by atoms with van der Waals surface area (Å²) in [5, 5.41) is 9.76. The molecular weight excluding hydrogens is 482 g/mol. The maximum absolute atomic E-state index is 2.62. The number of rotatable bonds is 0. The molecule has 6 aromatic rings. The number of hydrogen-bond acceptors (Lipinski definition) is 0. The maximum Gasteiger partial charge on any atom is 0.0626 e. The van der Waals surface area contributed by atoms with E-state index < -0.39 is 0 Å². The fraction of sp³-hybridized carbons (Fsp3) is 0.231. The first-order valence-electron chi connectivity index (χ1n) is 14.9. The Bertz CT molecular complexity index is 2300. The lowest BCUT2D eigenvalue weighted by atomic mass is 9.71. The molecule has 0 saturated heterocycles. The molecule has 3 unspecified atom stereocenters. The minimum atomic E-state index is -0.000267. The molecule has 1 nitrogen and oxygen atoms in total. The Labute approximate surface area is 234 Å². The van der Waals surface area contributed by atoms with Crippen LogP contribution in [-0.2, 0) is 11.8 Å². The highest BCUT2D eigenvalue weighted by molar-refractivity contribution is 6.28. The van der Waals surface area contributed by atoms with Gasteiger partial charge in [-0.3, -0.25) is 0 Å². The summed E-state index contributed by atoms with van der Waals surface area (Å²) in [6, 6.07) is 24.4. The van der Waals surface area contributed by atoms with Gasteiger partial charge in [0.1, 0.15) is 0 Å². The molecule has 10 rings (SSSR count). The predicted molar refractivity (Wildman–Crippen MR) is 170 cm³/mol. The molecule has 4 bridgehead atoms. The lowest BCUT2D eigenvalue weighted by molar-refractivity contribution is 0.443. The summed E-state index contributed by atoms with van der Waals surface area (Å²) in [6.07, 6.45) is 10.8. The third kappa shape index (κ3) is 2.43. The Morgan fingerprint density at radius 2 is 1.60 bits per heavy atom. The second-order valence-electron chi connectivity index (χ2n) is 13.5. The summed E-state index contributed by atoms with van der Waals surface area (Å²) in [4.78, 5) is 0. The van der Waals surface area contributed by atoms with Crippen LogP contribution in [-0.4, -0.2) is 4.40 Å². The molecule has 0 amide bonds. The van der Waals surface area contributed by atoms with E-state index in [1.165, 1.54) is 87.8 Å². The summed E-state index contributed by atoms with van der Waals surface area (Å²) >= 11 is 0. The van der Waals surface area contributed by atoms with Crippen molar-refractivity contribution in [2.75, 3.05) is 0 Å². The normalized spacial score (nSPS) is 22.6. The molecule has 0 N–H and O–H groups in total. The summed E-state index contributed by atoms with van der Waals surface area (Å²) in [5.41, 5.74) is 12.8. The Morgan fingerprint density at radius 1 is 0.750 bits per heavy atom. The molecule has 4 aliphatic carbocycles. The second-order valence-corrected chi connectivity index (χ2v) is 13.5. The molecule has 1 heteroatoms. The molecule has 4 aromatic carbocycles. The van der Waals surface area contributed by atoms with E-state index in [-0.39, 0.29) is 5.41 Å². The van der Waals surface area contributed by atoms with E-state index in [0.29, 0.717) is 17.8 Å². The van der Waals surface area contributed by atoms with Crippen molar-refractivity contribution >= 4 is 60.9 Å². The quantitative estimate of drug-likeness (QED) is 0.190. The van der Waals surface area contributed by atoms with E-state index in [0.717, 1.165) is 6.42 Å². The highest BCUT2D eigenvalue weighted by atomic mass is 14.9. The Balaban J connectivity index is 1.62. The van der Waals surface area contributed by atoms with Crippen LogP contribution in [0.2, 0.25) is 0 Å². The molecule has 0 spiro atoms. The second kappa shape index (κ2) is 6.78. The maximum atomic E-state index is 2.62. The van der Waals surface area contributed by atoms with Gasteiger partial charge in [-0.05, 0) is 115 Å². The van der Waals surface area contributed by atoms with Crippen LogP contribution in [0.4, 0.5) is 0 Å². The SMILES string of the molecule is CC1C=Cc2c3cc(n4c5cc6c(cc5c5cc7cccc8c7c(c7cc2ccc7C(C)C8(C)C)c54)C6)C=CC31. The van der Waals surface area contributed by atoms with Gasteiger partial charge in [-0.15, -0.1) is 0 Å². The Morgan fingerprint density at radius 3 is 2.50 bits per heavy atom. The molecule has 2 aromatic heterocycles. The molecule has 4 aliphatic rings. The zero-order valence-corrected chi connectivity index (χ0v) is 23.5. The molecule has 40 heavy (non-hydrogen) atoms. The average molecular weight is 514 g/mol. The van der Waals surface area contributed by atoms with Crippen molar-refractivity contribution in [3.63, 3.8) is 0 Å². The van der Waals surface area contributed by atoms with Crippen LogP contribution in [0.3, 0.4) is 0 Å². The van der Waals surface area contributed by atoms with E-state index >= 15 is 0 Å². The number of hydrogen-bond donors (Lipinski definition) is 0. The highest BCUT2D eigenvalue weighted by Gasteiger charge is 2.36. The van der Waals surface area contributed by atoms with Crippen LogP contribution in [0.25, 0.3) is 60.9 Å². The van der Waals surface area contributed by atoms with Crippen LogP contribution < -0.4 is 0 Å². The van der Waals surface area contributed by atoms with Crippen molar-refractivity contribution < 1.29 is 0 Å². The smallest absolute Gasteiger partial charge is 0.0626 e. The van der Waals surface area contributed by atoms with Crippen LogP contribution >= 0.6 is 0 Å². The fourth-order valence-electron chi connectivity index (χ4n) is 8.54. The summed E-state index contributed by atoms with van der Waals surface area (Å²) in [6.45, 7) is 9.70. The minimum absolute atomic E-state index is 0.000267. The number of aromatic nitrogens is 1. The predicted octanol–water partition coefficient (Wildman–Crippen LogP) is 10.2. The molecule has 0 aliphatic heterocycles. The van der Waals surface area contributed by atoms with Gasteiger partial charge in [0.25, 0.3) is 0 Å². The number of allylic oxidation sites excluding steroid dienone is 2. The van der Waals surface area contributed by atoms with Gasteiger partial charge >= 0.3 is 0 Å². The zero-order valence-electron chi connectivity index (χ0n) is 23.5. The third-order valence-electron chi connectivity index (χ3n) is 11.2. The van der Waals surface area contributed by atoms with Gasteiger partial charge < -0.3 is 4.40 Å². The van der Waals surface area contributed by atoms with E-state index in [4.69, 9.17) is 0 Å². The number of fused-ring (bicyclic) bond motifs is 8. The lowest BCUT2D eigenvalue weighted by Crippen LogP contribution is -2.24. The van der Waals surface area contributed by atoms with Crippen molar-refractivity contribution in [2.45, 2.75) is 51.4 Å². The van der Waals surface area contributed by atoms with Crippen LogP contribution in [0.5, 0.6) is 0 Å². The van der Waals surface area contributed by atoms with Crippen molar-refractivity contribution in [3.8, 4) is 0 Å². The Hall–Kier alpha value is -4.10. The molecule has 3 atom stereocenters. The standard InChI is InChI=1S/C39H31N/c1-20-8-11-29-22-9-12-28-21(2)39(3,4)34-7-5-6-23-16-33-31-17-24-14-25(24)18-35(31)40(26-10-13-27(20)30(29)19-26)38(33)37(36(23)34)32(28)15-22/h5-13,15-21,27H,14H2,1-4H3. The van der Waals surface area contributed by atoms with Gasteiger partial charge in [-0.2, -0.15) is 0 Å². The van der Waals surface area contributed by atoms with E-state index in [1.54, 1.807) is 0 Å². The monoisotopic (exact) mass is 513 g/mol.